The highest BCUT2D eigenvalue weighted by Crippen LogP contribution is 2.38. The summed E-state index contributed by atoms with van der Waals surface area (Å²) in [5, 5.41) is 8.89. The van der Waals surface area contributed by atoms with E-state index in [0.29, 0.717) is 17.5 Å². The predicted molar refractivity (Wildman–Crippen MR) is 88.9 cm³/mol. The lowest BCUT2D eigenvalue weighted by molar-refractivity contribution is 0.575. The molecule has 3 rings (SSSR count). The second-order valence-electron chi connectivity index (χ2n) is 6.14. The number of anilines is 1. The first-order chi connectivity index (χ1) is 10.7. The molecule has 1 heterocycles. The van der Waals surface area contributed by atoms with Crippen LogP contribution in [0.2, 0.25) is 0 Å². The number of benzene rings is 1. The van der Waals surface area contributed by atoms with Gasteiger partial charge >= 0.3 is 0 Å². The van der Waals surface area contributed by atoms with Crippen LogP contribution in [0.3, 0.4) is 0 Å². The van der Waals surface area contributed by atoms with Crippen molar-refractivity contribution in [2.75, 3.05) is 11.9 Å². The topological polar surface area (TPSA) is 39.9 Å². The van der Waals surface area contributed by atoms with Gasteiger partial charge in [-0.05, 0) is 37.5 Å². The van der Waals surface area contributed by atoms with Crippen molar-refractivity contribution in [2.45, 2.75) is 38.1 Å². The van der Waals surface area contributed by atoms with Crippen molar-refractivity contribution in [1.29, 1.82) is 5.26 Å². The van der Waals surface area contributed by atoms with Gasteiger partial charge in [-0.25, -0.2) is 4.98 Å². The number of nitrogens with zero attached hydrogens (tertiary/aromatic N) is 3. The van der Waals surface area contributed by atoms with E-state index >= 15 is 0 Å². The minimum absolute atomic E-state index is 0.475. The molecule has 1 aliphatic carbocycles. The second kappa shape index (κ2) is 6.19. The van der Waals surface area contributed by atoms with Crippen LogP contribution in [0.25, 0.3) is 0 Å². The Morgan fingerprint density at radius 3 is 2.55 bits per heavy atom. The van der Waals surface area contributed by atoms with Crippen molar-refractivity contribution in [1.82, 2.24) is 4.98 Å². The molecule has 3 nitrogen and oxygen atoms in total. The van der Waals surface area contributed by atoms with Gasteiger partial charge in [0.05, 0.1) is 5.56 Å². The molecule has 0 N–H and O–H groups in total. The van der Waals surface area contributed by atoms with Gasteiger partial charge < -0.3 is 4.90 Å². The molecule has 22 heavy (non-hydrogen) atoms. The summed E-state index contributed by atoms with van der Waals surface area (Å²) in [4.78, 5) is 6.72. The minimum Gasteiger partial charge on any atom is -0.356 e. The van der Waals surface area contributed by atoms with Crippen LogP contribution in [0.5, 0.6) is 0 Å². The fourth-order valence-electron chi connectivity index (χ4n) is 3.44. The van der Waals surface area contributed by atoms with Gasteiger partial charge in [0.25, 0.3) is 0 Å². The first kappa shape index (κ1) is 14.6. The Bertz CT molecular complexity index is 667. The van der Waals surface area contributed by atoms with Crippen molar-refractivity contribution in [3.63, 3.8) is 0 Å². The molecule has 2 aromatic rings. The molecule has 1 aromatic carbocycles. The van der Waals surface area contributed by atoms with Gasteiger partial charge in [-0.15, -0.1) is 0 Å². The smallest absolute Gasteiger partial charge is 0.128 e. The zero-order chi connectivity index (χ0) is 15.5. The molecule has 0 aliphatic heterocycles. The average Bonchev–Trinajstić information content (AvgIpc) is 3.04. The molecule has 0 unspecified atom stereocenters. The van der Waals surface area contributed by atoms with E-state index < -0.39 is 0 Å². The average molecular weight is 291 g/mol. The molecular weight excluding hydrogens is 270 g/mol. The monoisotopic (exact) mass is 291 g/mol. The number of aryl methyl sites for hydroxylation is 1. The van der Waals surface area contributed by atoms with E-state index in [1.54, 1.807) is 6.20 Å². The summed E-state index contributed by atoms with van der Waals surface area (Å²) in [6.45, 7) is 2.13. The lowest BCUT2D eigenvalue weighted by Crippen LogP contribution is -2.34. The summed E-state index contributed by atoms with van der Waals surface area (Å²) in [5.74, 6) is 1.51. The van der Waals surface area contributed by atoms with E-state index in [2.05, 4.69) is 54.2 Å². The third-order valence-corrected chi connectivity index (χ3v) is 4.72. The van der Waals surface area contributed by atoms with Gasteiger partial charge in [0, 0.05) is 25.2 Å². The lowest BCUT2D eigenvalue weighted by atomic mass is 9.92. The molecule has 0 bridgehead atoms. The van der Waals surface area contributed by atoms with Gasteiger partial charge in [-0.3, -0.25) is 0 Å². The van der Waals surface area contributed by atoms with E-state index in [0.717, 1.165) is 5.82 Å². The van der Waals surface area contributed by atoms with Gasteiger partial charge in [-0.1, -0.05) is 36.2 Å². The van der Waals surface area contributed by atoms with E-state index in [-0.39, 0.29) is 0 Å². The van der Waals surface area contributed by atoms with Gasteiger partial charge in [-0.2, -0.15) is 5.26 Å². The number of hydrogen-bond acceptors (Lipinski definition) is 3. The first-order valence-electron chi connectivity index (χ1n) is 7.84. The van der Waals surface area contributed by atoms with Crippen LogP contribution in [0, 0.1) is 18.3 Å². The molecule has 1 saturated carbocycles. The standard InChI is InChI=1S/C19H21N3/c1-14-6-9-16(10-7-14)17-4-3-5-18(17)22(2)19-11-8-15(12-20)13-21-19/h6-11,13,17-18H,3-5H2,1-2H3/t17-,18-/m0/s1. The summed E-state index contributed by atoms with van der Waals surface area (Å²) in [7, 11) is 2.12. The minimum atomic E-state index is 0.475. The molecule has 112 valence electrons. The van der Waals surface area contributed by atoms with Crippen LogP contribution < -0.4 is 4.90 Å². The predicted octanol–water partition coefficient (Wildman–Crippen LogP) is 4.03. The van der Waals surface area contributed by atoms with E-state index in [1.165, 1.54) is 30.4 Å². The van der Waals surface area contributed by atoms with E-state index in [4.69, 9.17) is 5.26 Å². The van der Waals surface area contributed by atoms with Crippen LogP contribution in [0.4, 0.5) is 5.82 Å². The summed E-state index contributed by atoms with van der Waals surface area (Å²) < 4.78 is 0. The highest BCUT2D eigenvalue weighted by atomic mass is 15.2. The van der Waals surface area contributed by atoms with Crippen LogP contribution >= 0.6 is 0 Å². The molecule has 0 radical (unpaired) electrons. The lowest BCUT2D eigenvalue weighted by Gasteiger charge is -2.31. The van der Waals surface area contributed by atoms with Crippen molar-refractivity contribution < 1.29 is 0 Å². The maximum atomic E-state index is 8.89. The summed E-state index contributed by atoms with van der Waals surface area (Å²) in [6, 6.07) is 15.3. The zero-order valence-electron chi connectivity index (χ0n) is 13.2. The quantitative estimate of drug-likeness (QED) is 0.857. The Morgan fingerprint density at radius 1 is 1.14 bits per heavy atom. The van der Waals surface area contributed by atoms with Crippen LogP contribution in [0.15, 0.2) is 42.6 Å². The van der Waals surface area contributed by atoms with Gasteiger partial charge in [0.15, 0.2) is 0 Å². The Kier molecular flexibility index (Phi) is 4.11. The van der Waals surface area contributed by atoms with E-state index in [9.17, 15) is 0 Å². The first-order valence-corrected chi connectivity index (χ1v) is 7.84. The van der Waals surface area contributed by atoms with Crippen LogP contribution in [0.1, 0.15) is 41.9 Å². The molecule has 1 aliphatic rings. The number of nitriles is 1. The number of likely N-dealkylation sites (N-methyl/N-ethyl adjacent to an activating group) is 1. The fraction of sp³-hybridized carbons (Fsp3) is 0.368. The summed E-state index contributed by atoms with van der Waals surface area (Å²) in [6.07, 6.45) is 5.33. The molecular formula is C19H21N3. The van der Waals surface area contributed by atoms with Crippen LogP contribution in [-0.4, -0.2) is 18.1 Å². The SMILES string of the molecule is Cc1ccc([C@@H]2CCC[C@@H]2N(C)c2ccc(C#N)cn2)cc1. The maximum Gasteiger partial charge on any atom is 0.128 e. The van der Waals surface area contributed by atoms with Gasteiger partial charge in [0.1, 0.15) is 11.9 Å². The molecule has 3 heteroatoms. The van der Waals surface area contributed by atoms with Crippen molar-refractivity contribution >= 4 is 5.82 Å². The Morgan fingerprint density at radius 2 is 1.91 bits per heavy atom. The number of rotatable bonds is 3. The fourth-order valence-corrected chi connectivity index (χ4v) is 3.44. The second-order valence-corrected chi connectivity index (χ2v) is 6.14. The maximum absolute atomic E-state index is 8.89. The summed E-state index contributed by atoms with van der Waals surface area (Å²) in [5.41, 5.74) is 3.34. The number of pyridine rings is 1. The Hall–Kier alpha value is -2.34. The largest absolute Gasteiger partial charge is 0.356 e. The number of hydrogen-bond donors (Lipinski definition) is 0. The molecule has 2 atom stereocenters. The highest BCUT2D eigenvalue weighted by Gasteiger charge is 2.32. The highest BCUT2D eigenvalue weighted by molar-refractivity contribution is 5.44. The molecule has 1 fully saturated rings. The molecule has 1 aromatic heterocycles. The number of aromatic nitrogens is 1. The normalized spacial score (nSPS) is 20.6. The Labute approximate surface area is 132 Å². The third kappa shape index (κ3) is 2.82. The third-order valence-electron chi connectivity index (χ3n) is 4.72. The van der Waals surface area contributed by atoms with Gasteiger partial charge in [0.2, 0.25) is 0 Å². The summed E-state index contributed by atoms with van der Waals surface area (Å²) >= 11 is 0. The van der Waals surface area contributed by atoms with E-state index in [1.807, 2.05) is 12.1 Å². The Balaban J connectivity index is 1.82. The van der Waals surface area contributed by atoms with Crippen molar-refractivity contribution in [3.05, 3.63) is 59.3 Å². The van der Waals surface area contributed by atoms with Crippen molar-refractivity contribution in [2.24, 2.45) is 0 Å². The molecule has 0 amide bonds. The van der Waals surface area contributed by atoms with Crippen LogP contribution in [-0.2, 0) is 0 Å². The van der Waals surface area contributed by atoms with Crippen molar-refractivity contribution in [3.8, 4) is 6.07 Å². The molecule has 0 spiro atoms. The zero-order valence-corrected chi connectivity index (χ0v) is 13.2. The molecule has 0 saturated heterocycles.